The van der Waals surface area contributed by atoms with Gasteiger partial charge in [-0.2, -0.15) is 0 Å². The molecule has 3 heteroatoms. The van der Waals surface area contributed by atoms with Gasteiger partial charge < -0.3 is 15.0 Å². The Morgan fingerprint density at radius 1 is 1.35 bits per heavy atom. The van der Waals surface area contributed by atoms with E-state index in [9.17, 15) is 0 Å². The quantitative estimate of drug-likeness (QED) is 0.628. The predicted molar refractivity (Wildman–Crippen MR) is 73.4 cm³/mol. The highest BCUT2D eigenvalue weighted by molar-refractivity contribution is 4.80. The second-order valence-corrected chi connectivity index (χ2v) is 6.20. The number of hydrogen-bond acceptors (Lipinski definition) is 3. The molecule has 1 unspecified atom stereocenters. The molecule has 0 spiro atoms. The third-order valence-electron chi connectivity index (χ3n) is 3.73. The smallest absolute Gasteiger partial charge is 0.0648 e. The van der Waals surface area contributed by atoms with Gasteiger partial charge in [0.2, 0.25) is 0 Å². The van der Waals surface area contributed by atoms with Gasteiger partial charge in [0.1, 0.15) is 0 Å². The van der Waals surface area contributed by atoms with Gasteiger partial charge in [-0.15, -0.1) is 0 Å². The molecule has 1 saturated carbocycles. The number of rotatable bonds is 9. The molecule has 1 aliphatic carbocycles. The van der Waals surface area contributed by atoms with Gasteiger partial charge in [0.15, 0.2) is 0 Å². The first-order chi connectivity index (χ1) is 7.92. The van der Waals surface area contributed by atoms with Crippen LogP contribution in [0.2, 0.25) is 0 Å². The molecule has 0 aromatic carbocycles. The van der Waals surface area contributed by atoms with E-state index < -0.39 is 0 Å². The second kappa shape index (κ2) is 6.72. The molecule has 1 aliphatic rings. The van der Waals surface area contributed by atoms with Gasteiger partial charge in [-0.1, -0.05) is 0 Å². The average molecular weight is 242 g/mol. The Balaban J connectivity index is 2.01. The maximum Gasteiger partial charge on any atom is 0.0648 e. The van der Waals surface area contributed by atoms with Crippen LogP contribution in [0.3, 0.4) is 0 Å². The zero-order valence-corrected chi connectivity index (χ0v) is 12.3. The summed E-state index contributed by atoms with van der Waals surface area (Å²) in [6.45, 7) is 8.57. The van der Waals surface area contributed by atoms with Crippen LogP contribution in [0.1, 0.15) is 46.5 Å². The Labute approximate surface area is 107 Å². The fourth-order valence-electron chi connectivity index (χ4n) is 1.54. The number of hydrogen-bond donors (Lipinski definition) is 1. The van der Waals surface area contributed by atoms with Gasteiger partial charge in [-0.3, -0.25) is 0 Å². The van der Waals surface area contributed by atoms with Gasteiger partial charge >= 0.3 is 0 Å². The van der Waals surface area contributed by atoms with Crippen molar-refractivity contribution in [3.63, 3.8) is 0 Å². The Kier molecular flexibility index (Phi) is 5.90. The second-order valence-electron chi connectivity index (χ2n) is 6.20. The maximum atomic E-state index is 5.92. The molecule has 0 heterocycles. The standard InChI is InChI=1S/C14H30N2O/c1-12(7-6-10-15-13-8-9-13)17-11-14(2,3)16(4)5/h12-13,15H,6-11H2,1-5H3. The van der Waals surface area contributed by atoms with Gasteiger partial charge in [0, 0.05) is 11.6 Å². The number of likely N-dealkylation sites (N-methyl/N-ethyl adjacent to an activating group) is 1. The molecule has 3 nitrogen and oxygen atoms in total. The predicted octanol–water partition coefficient (Wildman–Crippen LogP) is 2.26. The van der Waals surface area contributed by atoms with Crippen molar-refractivity contribution in [2.45, 2.75) is 64.1 Å². The molecular formula is C14H30N2O. The molecule has 0 bridgehead atoms. The highest BCUT2D eigenvalue weighted by Gasteiger charge is 2.22. The van der Waals surface area contributed by atoms with Gasteiger partial charge in [0.05, 0.1) is 12.7 Å². The van der Waals surface area contributed by atoms with Crippen LogP contribution in [0, 0.1) is 0 Å². The molecule has 0 aliphatic heterocycles. The Morgan fingerprint density at radius 3 is 2.53 bits per heavy atom. The van der Waals surface area contributed by atoms with Crippen LogP contribution < -0.4 is 5.32 Å². The zero-order valence-electron chi connectivity index (χ0n) is 12.3. The Bertz CT molecular complexity index is 212. The number of ether oxygens (including phenoxy) is 1. The third kappa shape index (κ3) is 6.39. The van der Waals surface area contributed by atoms with Crippen LogP contribution >= 0.6 is 0 Å². The fourth-order valence-corrected chi connectivity index (χ4v) is 1.54. The van der Waals surface area contributed by atoms with Crippen molar-refractivity contribution in [1.29, 1.82) is 0 Å². The van der Waals surface area contributed by atoms with Crippen LogP contribution in [0.15, 0.2) is 0 Å². The summed E-state index contributed by atoms with van der Waals surface area (Å²) in [5, 5.41) is 3.54. The minimum atomic E-state index is 0.126. The summed E-state index contributed by atoms with van der Waals surface area (Å²) >= 11 is 0. The van der Waals surface area contributed by atoms with E-state index in [1.54, 1.807) is 0 Å². The van der Waals surface area contributed by atoms with Gasteiger partial charge in [-0.25, -0.2) is 0 Å². The number of nitrogens with zero attached hydrogens (tertiary/aromatic N) is 1. The van der Waals surface area contributed by atoms with Crippen molar-refractivity contribution in [2.24, 2.45) is 0 Å². The highest BCUT2D eigenvalue weighted by Crippen LogP contribution is 2.18. The maximum absolute atomic E-state index is 5.92. The van der Waals surface area contributed by atoms with Crippen LogP contribution in [-0.4, -0.2) is 49.8 Å². The minimum Gasteiger partial charge on any atom is -0.377 e. The fraction of sp³-hybridized carbons (Fsp3) is 1.00. The zero-order chi connectivity index (χ0) is 12.9. The summed E-state index contributed by atoms with van der Waals surface area (Å²) in [4.78, 5) is 2.22. The molecule has 0 aromatic rings. The van der Waals surface area contributed by atoms with E-state index in [4.69, 9.17) is 4.74 Å². The molecule has 0 aromatic heterocycles. The van der Waals surface area contributed by atoms with Crippen LogP contribution in [-0.2, 0) is 4.74 Å². The molecular weight excluding hydrogens is 212 g/mol. The summed E-state index contributed by atoms with van der Waals surface area (Å²) in [6, 6.07) is 0.832. The largest absolute Gasteiger partial charge is 0.377 e. The van der Waals surface area contributed by atoms with Crippen molar-refractivity contribution in [1.82, 2.24) is 10.2 Å². The lowest BCUT2D eigenvalue weighted by Crippen LogP contribution is -2.43. The van der Waals surface area contributed by atoms with E-state index in [0.29, 0.717) is 6.10 Å². The lowest BCUT2D eigenvalue weighted by molar-refractivity contribution is -0.00743. The Morgan fingerprint density at radius 2 is 2.00 bits per heavy atom. The van der Waals surface area contributed by atoms with Gasteiger partial charge in [0.25, 0.3) is 0 Å². The van der Waals surface area contributed by atoms with Crippen LogP contribution in [0.4, 0.5) is 0 Å². The lowest BCUT2D eigenvalue weighted by atomic mass is 10.1. The molecule has 17 heavy (non-hydrogen) atoms. The first kappa shape index (κ1) is 14.9. The molecule has 0 amide bonds. The molecule has 0 radical (unpaired) electrons. The van der Waals surface area contributed by atoms with E-state index in [-0.39, 0.29) is 5.54 Å². The summed E-state index contributed by atoms with van der Waals surface area (Å²) < 4.78 is 5.92. The summed E-state index contributed by atoms with van der Waals surface area (Å²) in [6.07, 6.45) is 5.50. The minimum absolute atomic E-state index is 0.126. The van der Waals surface area contributed by atoms with E-state index in [1.165, 1.54) is 19.3 Å². The molecule has 1 fully saturated rings. The molecule has 1 rings (SSSR count). The molecule has 0 saturated heterocycles. The van der Waals surface area contributed by atoms with E-state index >= 15 is 0 Å². The molecule has 1 atom stereocenters. The van der Waals surface area contributed by atoms with Crippen molar-refractivity contribution in [3.05, 3.63) is 0 Å². The lowest BCUT2D eigenvalue weighted by Gasteiger charge is -2.33. The SMILES string of the molecule is CC(CCCNC1CC1)OCC(C)(C)N(C)C. The Hall–Kier alpha value is -0.120. The third-order valence-corrected chi connectivity index (χ3v) is 3.73. The van der Waals surface area contributed by atoms with Crippen molar-refractivity contribution in [2.75, 3.05) is 27.2 Å². The summed E-state index contributed by atoms with van der Waals surface area (Å²) in [5.74, 6) is 0. The van der Waals surface area contributed by atoms with Gasteiger partial charge in [-0.05, 0) is 67.1 Å². The first-order valence-electron chi connectivity index (χ1n) is 6.94. The monoisotopic (exact) mass is 242 g/mol. The first-order valence-corrected chi connectivity index (χ1v) is 6.94. The molecule has 102 valence electrons. The van der Waals surface area contributed by atoms with E-state index in [0.717, 1.165) is 25.6 Å². The summed E-state index contributed by atoms with van der Waals surface area (Å²) in [7, 11) is 4.21. The van der Waals surface area contributed by atoms with Crippen molar-refractivity contribution < 1.29 is 4.74 Å². The average Bonchev–Trinajstić information content (AvgIpc) is 3.05. The van der Waals surface area contributed by atoms with E-state index in [1.807, 2.05) is 0 Å². The molecule has 1 N–H and O–H groups in total. The normalized spacial score (nSPS) is 18.7. The van der Waals surface area contributed by atoms with Crippen LogP contribution in [0.25, 0.3) is 0 Å². The van der Waals surface area contributed by atoms with E-state index in [2.05, 4.69) is 45.1 Å². The topological polar surface area (TPSA) is 24.5 Å². The summed E-state index contributed by atoms with van der Waals surface area (Å²) in [5.41, 5.74) is 0.126. The van der Waals surface area contributed by atoms with Crippen molar-refractivity contribution >= 4 is 0 Å². The number of nitrogens with one attached hydrogen (secondary N) is 1. The van der Waals surface area contributed by atoms with Crippen LogP contribution in [0.5, 0.6) is 0 Å². The highest BCUT2D eigenvalue weighted by atomic mass is 16.5. The van der Waals surface area contributed by atoms with Crippen molar-refractivity contribution in [3.8, 4) is 0 Å².